The van der Waals surface area contributed by atoms with Gasteiger partial charge in [-0.2, -0.15) is 17.0 Å². The fourth-order valence-electron chi connectivity index (χ4n) is 2.84. The first-order valence-electron chi connectivity index (χ1n) is 8.29. The highest BCUT2D eigenvalue weighted by molar-refractivity contribution is 7.86. The zero-order chi connectivity index (χ0) is 15.6. The molecule has 1 saturated heterocycles. The quantitative estimate of drug-likeness (QED) is 0.777. The Bertz CT molecular complexity index is 434. The van der Waals surface area contributed by atoms with Gasteiger partial charge in [-0.05, 0) is 51.0 Å². The van der Waals surface area contributed by atoms with E-state index in [9.17, 15) is 8.42 Å². The Balaban J connectivity index is 1.94. The standard InChI is InChI=1S/C15H31N3O2S/c1-12(2)13(3)17(4)21(19,20)18-9-5-6-14(11-18)10-16-15-7-8-15/h12-16H,5-11H2,1-4H3. The van der Waals surface area contributed by atoms with Crippen molar-refractivity contribution in [3.8, 4) is 0 Å². The Morgan fingerprint density at radius 1 is 1.24 bits per heavy atom. The summed E-state index contributed by atoms with van der Waals surface area (Å²) in [4.78, 5) is 0. The summed E-state index contributed by atoms with van der Waals surface area (Å²) in [6.07, 6.45) is 4.67. The van der Waals surface area contributed by atoms with E-state index in [0.29, 0.717) is 31.0 Å². The van der Waals surface area contributed by atoms with Gasteiger partial charge in [0, 0.05) is 32.2 Å². The van der Waals surface area contributed by atoms with Gasteiger partial charge in [-0.25, -0.2) is 0 Å². The molecule has 1 heterocycles. The van der Waals surface area contributed by atoms with E-state index in [-0.39, 0.29) is 6.04 Å². The smallest absolute Gasteiger partial charge is 0.281 e. The molecule has 0 spiro atoms. The van der Waals surface area contributed by atoms with Gasteiger partial charge < -0.3 is 5.32 Å². The Morgan fingerprint density at radius 3 is 2.48 bits per heavy atom. The van der Waals surface area contributed by atoms with E-state index < -0.39 is 10.2 Å². The molecule has 0 amide bonds. The first kappa shape index (κ1) is 17.2. The van der Waals surface area contributed by atoms with E-state index >= 15 is 0 Å². The summed E-state index contributed by atoms with van der Waals surface area (Å²) in [6, 6.07) is 0.723. The topological polar surface area (TPSA) is 52.7 Å². The third-order valence-electron chi connectivity index (χ3n) is 4.98. The minimum atomic E-state index is -3.32. The molecule has 6 heteroatoms. The van der Waals surface area contributed by atoms with Crippen molar-refractivity contribution >= 4 is 10.2 Å². The van der Waals surface area contributed by atoms with E-state index in [1.165, 1.54) is 12.8 Å². The minimum absolute atomic E-state index is 0.0277. The second-order valence-electron chi connectivity index (χ2n) is 7.06. The van der Waals surface area contributed by atoms with Gasteiger partial charge in [0.05, 0.1) is 0 Å². The molecule has 0 aromatic rings. The van der Waals surface area contributed by atoms with Gasteiger partial charge in [0.15, 0.2) is 0 Å². The van der Waals surface area contributed by atoms with Crippen LogP contribution < -0.4 is 5.32 Å². The van der Waals surface area contributed by atoms with Gasteiger partial charge in [-0.1, -0.05) is 13.8 Å². The lowest BCUT2D eigenvalue weighted by molar-refractivity contribution is 0.229. The van der Waals surface area contributed by atoms with Crippen LogP contribution in [0.4, 0.5) is 0 Å². The van der Waals surface area contributed by atoms with Gasteiger partial charge in [0.25, 0.3) is 10.2 Å². The van der Waals surface area contributed by atoms with Gasteiger partial charge in [-0.15, -0.1) is 0 Å². The van der Waals surface area contributed by atoms with Gasteiger partial charge in [0.1, 0.15) is 0 Å². The maximum Gasteiger partial charge on any atom is 0.281 e. The van der Waals surface area contributed by atoms with E-state index in [2.05, 4.69) is 19.2 Å². The molecule has 2 atom stereocenters. The third kappa shape index (κ3) is 4.41. The van der Waals surface area contributed by atoms with Crippen LogP contribution in [0.15, 0.2) is 0 Å². The lowest BCUT2D eigenvalue weighted by Crippen LogP contribution is -2.51. The molecule has 1 saturated carbocycles. The Hall–Kier alpha value is -0.170. The number of piperidine rings is 1. The highest BCUT2D eigenvalue weighted by Gasteiger charge is 2.35. The molecule has 0 aromatic heterocycles. The second kappa shape index (κ2) is 6.94. The lowest BCUT2D eigenvalue weighted by Gasteiger charge is -2.37. The van der Waals surface area contributed by atoms with Crippen molar-refractivity contribution in [2.45, 2.75) is 58.5 Å². The van der Waals surface area contributed by atoms with Crippen LogP contribution in [0.25, 0.3) is 0 Å². The lowest BCUT2D eigenvalue weighted by atomic mass is 10.00. The molecular formula is C15H31N3O2S. The maximum absolute atomic E-state index is 12.8. The Labute approximate surface area is 130 Å². The van der Waals surface area contributed by atoms with Crippen molar-refractivity contribution in [1.29, 1.82) is 0 Å². The summed E-state index contributed by atoms with van der Waals surface area (Å²) >= 11 is 0. The first-order chi connectivity index (χ1) is 9.82. The Morgan fingerprint density at radius 2 is 1.90 bits per heavy atom. The van der Waals surface area contributed by atoms with E-state index in [0.717, 1.165) is 19.4 Å². The van der Waals surface area contributed by atoms with Crippen molar-refractivity contribution in [3.05, 3.63) is 0 Å². The number of hydrogen-bond acceptors (Lipinski definition) is 3. The van der Waals surface area contributed by atoms with Crippen molar-refractivity contribution < 1.29 is 8.42 Å². The molecule has 2 aliphatic rings. The highest BCUT2D eigenvalue weighted by Crippen LogP contribution is 2.24. The molecule has 1 aliphatic heterocycles. The maximum atomic E-state index is 12.8. The number of hydrogen-bond donors (Lipinski definition) is 1. The molecular weight excluding hydrogens is 286 g/mol. The van der Waals surface area contributed by atoms with E-state index in [1.54, 1.807) is 15.7 Å². The number of rotatable bonds is 7. The van der Waals surface area contributed by atoms with Gasteiger partial charge in [-0.3, -0.25) is 0 Å². The van der Waals surface area contributed by atoms with E-state index in [1.807, 2.05) is 6.92 Å². The molecule has 0 aromatic carbocycles. The fraction of sp³-hybridized carbons (Fsp3) is 1.00. The summed E-state index contributed by atoms with van der Waals surface area (Å²) < 4.78 is 28.8. The number of nitrogens with one attached hydrogen (secondary N) is 1. The molecule has 2 fully saturated rings. The average molecular weight is 317 g/mol. The number of nitrogens with zero attached hydrogens (tertiary/aromatic N) is 2. The normalized spacial score (nSPS) is 26.5. The van der Waals surface area contributed by atoms with Crippen LogP contribution in [0.3, 0.4) is 0 Å². The van der Waals surface area contributed by atoms with Crippen molar-refractivity contribution in [2.24, 2.45) is 11.8 Å². The monoisotopic (exact) mass is 317 g/mol. The van der Waals surface area contributed by atoms with Crippen LogP contribution in [0, 0.1) is 11.8 Å². The molecule has 0 radical (unpaired) electrons. The third-order valence-corrected chi connectivity index (χ3v) is 7.03. The van der Waals surface area contributed by atoms with Crippen LogP contribution in [0.1, 0.15) is 46.5 Å². The van der Waals surface area contributed by atoms with Gasteiger partial charge >= 0.3 is 0 Å². The van der Waals surface area contributed by atoms with Crippen LogP contribution in [-0.4, -0.2) is 55.8 Å². The predicted molar refractivity (Wildman–Crippen MR) is 86.3 cm³/mol. The summed E-state index contributed by atoms with van der Waals surface area (Å²) in [5, 5.41) is 3.53. The van der Waals surface area contributed by atoms with Crippen LogP contribution >= 0.6 is 0 Å². The summed E-state index contributed by atoms with van der Waals surface area (Å²) in [7, 11) is -1.61. The van der Waals surface area contributed by atoms with Crippen molar-refractivity contribution in [3.63, 3.8) is 0 Å². The predicted octanol–water partition coefficient (Wildman–Crippen LogP) is 1.67. The zero-order valence-corrected chi connectivity index (χ0v) is 14.7. The van der Waals surface area contributed by atoms with Gasteiger partial charge in [0.2, 0.25) is 0 Å². The molecule has 2 rings (SSSR count). The minimum Gasteiger partial charge on any atom is -0.314 e. The molecule has 5 nitrogen and oxygen atoms in total. The average Bonchev–Trinajstić information content (AvgIpc) is 3.27. The summed E-state index contributed by atoms with van der Waals surface area (Å²) in [6.45, 7) is 8.40. The molecule has 21 heavy (non-hydrogen) atoms. The summed E-state index contributed by atoms with van der Waals surface area (Å²) in [5.41, 5.74) is 0. The molecule has 1 aliphatic carbocycles. The second-order valence-corrected chi connectivity index (χ2v) is 9.05. The fourth-order valence-corrected chi connectivity index (χ4v) is 4.62. The molecule has 0 bridgehead atoms. The summed E-state index contributed by atoms with van der Waals surface area (Å²) in [5.74, 6) is 0.777. The highest BCUT2D eigenvalue weighted by atomic mass is 32.2. The zero-order valence-electron chi connectivity index (χ0n) is 13.9. The van der Waals surface area contributed by atoms with E-state index in [4.69, 9.17) is 0 Å². The molecule has 2 unspecified atom stereocenters. The van der Waals surface area contributed by atoms with Crippen LogP contribution in [0.5, 0.6) is 0 Å². The molecule has 1 N–H and O–H groups in total. The first-order valence-corrected chi connectivity index (χ1v) is 9.68. The van der Waals surface area contributed by atoms with Crippen LogP contribution in [-0.2, 0) is 10.2 Å². The van der Waals surface area contributed by atoms with Crippen molar-refractivity contribution in [2.75, 3.05) is 26.7 Å². The largest absolute Gasteiger partial charge is 0.314 e. The van der Waals surface area contributed by atoms with Crippen LogP contribution in [0.2, 0.25) is 0 Å². The van der Waals surface area contributed by atoms with Crippen molar-refractivity contribution in [1.82, 2.24) is 13.9 Å². The molecule has 124 valence electrons. The Kier molecular flexibility index (Phi) is 5.68. The SMILES string of the molecule is CC(C)C(C)N(C)S(=O)(=O)N1CCCC(CNC2CC2)C1.